The van der Waals surface area contributed by atoms with E-state index in [0.29, 0.717) is 11.5 Å². The Bertz CT molecular complexity index is 2450. The van der Waals surface area contributed by atoms with Gasteiger partial charge in [0, 0.05) is 48.6 Å². The smallest absolute Gasteiger partial charge is 0.258 e. The highest BCUT2D eigenvalue weighted by atomic mass is 16.5. The van der Waals surface area contributed by atoms with E-state index in [1.54, 1.807) is 0 Å². The van der Waals surface area contributed by atoms with Crippen LogP contribution in [0.1, 0.15) is 22.3 Å². The predicted octanol–water partition coefficient (Wildman–Crippen LogP) is 5.89. The molecule has 0 atom stereocenters. The van der Waals surface area contributed by atoms with E-state index in [2.05, 4.69) is 0 Å². The molecule has 0 fully saturated rings. The van der Waals surface area contributed by atoms with Gasteiger partial charge in [-0.3, -0.25) is 38.4 Å². The lowest BCUT2D eigenvalue weighted by molar-refractivity contribution is -0.121. The third-order valence-electron chi connectivity index (χ3n) is 9.80. The minimum absolute atomic E-state index is 0.0530. The number of aryl methyl sites for hydroxylation is 4. The fourth-order valence-electron chi connectivity index (χ4n) is 7.17. The largest absolute Gasteiger partial charge is 0.455 e. The summed E-state index contributed by atoms with van der Waals surface area (Å²) in [5.41, 5.74) is 4.97. The zero-order valence-corrected chi connectivity index (χ0v) is 31.3. The standard InChI is InChI=1S/C44H30N4O10/c1-23-17-27(18-24(2)43(23)57-33-7-5-29(45-35(49)9-10-36(45)50)21-31(33)47-39(53)13-14-40(47)54)28-19-25(3)44(26(4)20-28)58-34-8-6-30(46-37(51)11-12-38(46)52)22-32(34)48-41(55)15-16-42(48)56/h5-22H,1-4H3. The molecule has 4 aromatic rings. The van der Waals surface area contributed by atoms with E-state index < -0.39 is 47.3 Å². The van der Waals surface area contributed by atoms with Crippen LogP contribution in [0.25, 0.3) is 11.1 Å². The first-order valence-corrected chi connectivity index (χ1v) is 17.8. The summed E-state index contributed by atoms with van der Waals surface area (Å²) in [6.07, 6.45) is 9.03. The Morgan fingerprint density at radius 1 is 0.345 bits per heavy atom. The van der Waals surface area contributed by atoms with Crippen LogP contribution in [0.4, 0.5) is 22.7 Å². The average molecular weight is 775 g/mol. The van der Waals surface area contributed by atoms with Gasteiger partial charge < -0.3 is 9.47 Å². The average Bonchev–Trinajstić information content (AvgIpc) is 3.92. The summed E-state index contributed by atoms with van der Waals surface area (Å²) in [5, 5.41) is 0. The molecular weight excluding hydrogens is 745 g/mol. The number of benzene rings is 4. The Hall–Kier alpha value is -8.00. The van der Waals surface area contributed by atoms with Crippen molar-refractivity contribution >= 4 is 70.0 Å². The van der Waals surface area contributed by atoms with Crippen LogP contribution in [0.2, 0.25) is 0 Å². The summed E-state index contributed by atoms with van der Waals surface area (Å²) in [7, 11) is 0. The number of hydrogen-bond donors (Lipinski definition) is 0. The van der Waals surface area contributed by atoms with Crippen LogP contribution in [0.5, 0.6) is 23.0 Å². The highest BCUT2D eigenvalue weighted by molar-refractivity contribution is 6.32. The molecule has 4 aliphatic rings. The first-order valence-electron chi connectivity index (χ1n) is 17.8. The van der Waals surface area contributed by atoms with Gasteiger partial charge in [0.15, 0.2) is 11.5 Å². The molecule has 0 radical (unpaired) electrons. The van der Waals surface area contributed by atoms with Crippen molar-refractivity contribution in [2.75, 3.05) is 19.6 Å². The molecule has 286 valence electrons. The van der Waals surface area contributed by atoms with Crippen molar-refractivity contribution in [3.8, 4) is 34.1 Å². The minimum atomic E-state index is -0.609. The molecule has 0 bridgehead atoms. The zero-order valence-electron chi connectivity index (χ0n) is 31.3. The van der Waals surface area contributed by atoms with Gasteiger partial charge in [-0.1, -0.05) is 0 Å². The molecule has 4 heterocycles. The lowest BCUT2D eigenvalue weighted by Gasteiger charge is -2.23. The molecule has 14 heteroatoms. The quantitative estimate of drug-likeness (QED) is 0.187. The van der Waals surface area contributed by atoms with E-state index in [0.717, 1.165) is 102 Å². The Balaban J connectivity index is 1.10. The Morgan fingerprint density at radius 3 is 0.879 bits per heavy atom. The maximum Gasteiger partial charge on any atom is 0.258 e. The van der Waals surface area contributed by atoms with E-state index in [1.807, 2.05) is 52.0 Å². The van der Waals surface area contributed by atoms with Crippen molar-refractivity contribution in [3.05, 3.63) is 132 Å². The second-order valence-corrected chi connectivity index (χ2v) is 13.8. The van der Waals surface area contributed by atoms with E-state index in [4.69, 9.17) is 9.47 Å². The van der Waals surface area contributed by atoms with Gasteiger partial charge in [0.1, 0.15) is 11.5 Å². The summed E-state index contributed by atoms with van der Waals surface area (Å²) in [6.45, 7) is 7.38. The first-order chi connectivity index (χ1) is 27.7. The highest BCUT2D eigenvalue weighted by Gasteiger charge is 2.34. The van der Waals surface area contributed by atoms with Crippen LogP contribution in [0.15, 0.2) is 109 Å². The molecule has 0 saturated heterocycles. The molecule has 0 unspecified atom stereocenters. The molecule has 0 aliphatic carbocycles. The van der Waals surface area contributed by atoms with Crippen LogP contribution < -0.4 is 29.1 Å². The first kappa shape index (κ1) is 36.9. The second-order valence-electron chi connectivity index (χ2n) is 13.8. The number of imide groups is 4. The van der Waals surface area contributed by atoms with E-state index >= 15 is 0 Å². The van der Waals surface area contributed by atoms with Crippen molar-refractivity contribution in [1.82, 2.24) is 0 Å². The topological polar surface area (TPSA) is 168 Å². The molecule has 4 aromatic carbocycles. The number of nitrogens with zero attached hydrogens (tertiary/aromatic N) is 4. The predicted molar refractivity (Wildman–Crippen MR) is 210 cm³/mol. The number of carbonyl (C=O) groups excluding carboxylic acids is 8. The van der Waals surface area contributed by atoms with Crippen molar-refractivity contribution in [3.63, 3.8) is 0 Å². The van der Waals surface area contributed by atoms with Gasteiger partial charge >= 0.3 is 0 Å². The molecule has 0 N–H and O–H groups in total. The lowest BCUT2D eigenvalue weighted by Crippen LogP contribution is -2.32. The molecule has 0 aromatic heterocycles. The number of hydrogen-bond acceptors (Lipinski definition) is 10. The second kappa shape index (κ2) is 13.9. The van der Waals surface area contributed by atoms with Gasteiger partial charge in [-0.05, 0) is 122 Å². The molecule has 8 rings (SSSR count). The minimum Gasteiger partial charge on any atom is -0.455 e. The van der Waals surface area contributed by atoms with E-state index in [-0.39, 0.29) is 34.2 Å². The molecular formula is C44H30N4O10. The Labute approximate surface area is 330 Å². The SMILES string of the molecule is Cc1cc(-c2cc(C)c(Oc3ccc(N4C(=O)C=CC4=O)cc3N3C(=O)C=CC3=O)c(C)c2)cc(C)c1Oc1ccc(N2C(=O)C=CC2=O)cc1N1C(=O)C=CC1=O. The summed E-state index contributed by atoms with van der Waals surface area (Å²) in [4.78, 5) is 105. The van der Waals surface area contributed by atoms with Gasteiger partial charge in [-0.2, -0.15) is 0 Å². The van der Waals surface area contributed by atoms with Crippen molar-refractivity contribution in [2.24, 2.45) is 0 Å². The van der Waals surface area contributed by atoms with Crippen molar-refractivity contribution < 1.29 is 47.8 Å². The van der Waals surface area contributed by atoms with Crippen LogP contribution >= 0.6 is 0 Å². The van der Waals surface area contributed by atoms with Gasteiger partial charge in [0.2, 0.25) is 0 Å². The molecule has 8 amide bonds. The van der Waals surface area contributed by atoms with Crippen LogP contribution in [0, 0.1) is 27.7 Å². The van der Waals surface area contributed by atoms with Crippen molar-refractivity contribution in [2.45, 2.75) is 27.7 Å². The van der Waals surface area contributed by atoms with Crippen LogP contribution in [-0.2, 0) is 38.4 Å². The third-order valence-corrected chi connectivity index (χ3v) is 9.80. The summed E-state index contributed by atoms with van der Waals surface area (Å²) in [6, 6.07) is 16.4. The number of ether oxygens (including phenoxy) is 2. The summed E-state index contributed by atoms with van der Waals surface area (Å²) < 4.78 is 12.8. The van der Waals surface area contributed by atoms with Gasteiger partial charge in [0.05, 0.1) is 22.7 Å². The fourth-order valence-corrected chi connectivity index (χ4v) is 7.17. The number of amides is 8. The van der Waals surface area contributed by atoms with Gasteiger partial charge in [-0.25, -0.2) is 19.6 Å². The Morgan fingerprint density at radius 2 is 0.603 bits per heavy atom. The molecule has 0 spiro atoms. The maximum absolute atomic E-state index is 12.8. The molecule has 0 saturated carbocycles. The summed E-state index contributed by atoms with van der Waals surface area (Å²) in [5.74, 6) is -3.49. The molecule has 14 nitrogen and oxygen atoms in total. The summed E-state index contributed by atoms with van der Waals surface area (Å²) >= 11 is 0. The van der Waals surface area contributed by atoms with E-state index in [9.17, 15) is 38.4 Å². The lowest BCUT2D eigenvalue weighted by atomic mass is 9.96. The molecule has 4 aliphatic heterocycles. The number of anilines is 4. The van der Waals surface area contributed by atoms with Crippen molar-refractivity contribution in [1.29, 1.82) is 0 Å². The van der Waals surface area contributed by atoms with Gasteiger partial charge in [-0.15, -0.1) is 0 Å². The van der Waals surface area contributed by atoms with Gasteiger partial charge in [0.25, 0.3) is 47.3 Å². The zero-order chi connectivity index (χ0) is 41.2. The van der Waals surface area contributed by atoms with Crippen LogP contribution in [-0.4, -0.2) is 47.3 Å². The highest BCUT2D eigenvalue weighted by Crippen LogP contribution is 2.43. The monoisotopic (exact) mass is 774 g/mol. The number of rotatable bonds is 9. The Kier molecular flexibility index (Phi) is 8.88. The third kappa shape index (κ3) is 6.27. The van der Waals surface area contributed by atoms with Crippen LogP contribution in [0.3, 0.4) is 0 Å². The fraction of sp³-hybridized carbons (Fsp3) is 0.0909. The normalized spacial score (nSPS) is 16.1. The number of carbonyl (C=O) groups is 8. The maximum atomic E-state index is 12.8. The molecule has 58 heavy (non-hydrogen) atoms. The van der Waals surface area contributed by atoms with E-state index in [1.165, 1.54) is 36.4 Å².